The third kappa shape index (κ3) is 4.71. The van der Waals surface area contributed by atoms with Crippen molar-refractivity contribution in [2.24, 2.45) is 10.4 Å². The number of sulfone groups is 1. The fraction of sp³-hybridized carbons (Fsp3) is 0.632. The highest BCUT2D eigenvalue weighted by Gasteiger charge is 2.43. The van der Waals surface area contributed by atoms with E-state index in [4.69, 9.17) is 0 Å². The van der Waals surface area contributed by atoms with Crippen molar-refractivity contribution in [3.05, 3.63) is 30.3 Å². The molecular formula is C19H30IN3O2S. The number of guanidine groups is 1. The van der Waals surface area contributed by atoms with Gasteiger partial charge in [0.15, 0.2) is 15.8 Å². The van der Waals surface area contributed by atoms with Gasteiger partial charge in [0.2, 0.25) is 0 Å². The Morgan fingerprint density at radius 2 is 1.96 bits per heavy atom. The molecule has 3 rings (SSSR count). The van der Waals surface area contributed by atoms with Crippen molar-refractivity contribution in [2.75, 3.05) is 25.9 Å². The predicted molar refractivity (Wildman–Crippen MR) is 117 cm³/mol. The maximum Gasteiger partial charge on any atom is 0.193 e. The van der Waals surface area contributed by atoms with Crippen molar-refractivity contribution in [1.29, 1.82) is 0 Å². The monoisotopic (exact) mass is 491 g/mol. The molecule has 1 aromatic carbocycles. The lowest BCUT2D eigenvalue weighted by atomic mass is 9.68. The Labute approximate surface area is 174 Å². The molecule has 1 aliphatic heterocycles. The smallest absolute Gasteiger partial charge is 0.193 e. The molecule has 1 heterocycles. The van der Waals surface area contributed by atoms with E-state index in [9.17, 15) is 8.42 Å². The highest BCUT2D eigenvalue weighted by molar-refractivity contribution is 14.0. The molecule has 0 radical (unpaired) electrons. The highest BCUT2D eigenvalue weighted by Crippen LogP contribution is 2.47. The number of halogens is 1. The Kier molecular flexibility index (Phi) is 7.35. The van der Waals surface area contributed by atoms with Crippen molar-refractivity contribution in [1.82, 2.24) is 10.2 Å². The first-order valence-electron chi connectivity index (χ1n) is 9.24. The standard InChI is InChI=1S/C19H29N3O2S.HI/c1-3-16(14-25(23,24)17-8-5-4-6-9-17)21-18(20-2)22-13-12-19(15-22)10-7-11-19;/h4-6,8-9,16H,3,7,10-15H2,1-2H3,(H,20,21);1H. The molecule has 0 aromatic heterocycles. The molecule has 1 unspecified atom stereocenters. The average molecular weight is 491 g/mol. The minimum absolute atomic E-state index is 0. The van der Waals surface area contributed by atoms with Crippen LogP contribution in [0.1, 0.15) is 39.0 Å². The van der Waals surface area contributed by atoms with Gasteiger partial charge in [-0.15, -0.1) is 24.0 Å². The maximum absolute atomic E-state index is 12.7. The van der Waals surface area contributed by atoms with Gasteiger partial charge in [0.1, 0.15) is 0 Å². The van der Waals surface area contributed by atoms with Crippen LogP contribution in [0.2, 0.25) is 0 Å². The molecule has 1 spiro atoms. The van der Waals surface area contributed by atoms with Crippen molar-refractivity contribution < 1.29 is 8.42 Å². The number of nitrogens with one attached hydrogen (secondary N) is 1. The SMILES string of the molecule is CCC(CS(=O)(=O)c1ccccc1)NC(=NC)N1CCC2(CCC2)C1.I. The molecule has 1 atom stereocenters. The van der Waals surface area contributed by atoms with E-state index in [0.29, 0.717) is 10.3 Å². The summed E-state index contributed by atoms with van der Waals surface area (Å²) >= 11 is 0. The third-order valence-corrected chi connectivity index (χ3v) is 7.54. The van der Waals surface area contributed by atoms with Crippen LogP contribution in [0.3, 0.4) is 0 Å². The van der Waals surface area contributed by atoms with Gasteiger partial charge < -0.3 is 10.2 Å². The van der Waals surface area contributed by atoms with E-state index in [1.165, 1.54) is 25.7 Å². The topological polar surface area (TPSA) is 61.8 Å². The Morgan fingerprint density at radius 1 is 1.27 bits per heavy atom. The summed E-state index contributed by atoms with van der Waals surface area (Å²) in [5, 5.41) is 3.40. The van der Waals surface area contributed by atoms with Crippen LogP contribution < -0.4 is 5.32 Å². The molecule has 1 saturated heterocycles. The Morgan fingerprint density at radius 3 is 2.46 bits per heavy atom. The second-order valence-corrected chi connectivity index (χ2v) is 9.45. The van der Waals surface area contributed by atoms with Gasteiger partial charge in [0.05, 0.1) is 10.6 Å². The van der Waals surface area contributed by atoms with Crippen LogP contribution in [0.5, 0.6) is 0 Å². The van der Waals surface area contributed by atoms with Gasteiger partial charge in [-0.25, -0.2) is 8.42 Å². The Bertz CT molecular complexity index is 718. The Balaban J connectivity index is 0.00000243. The quantitative estimate of drug-likeness (QED) is 0.390. The predicted octanol–water partition coefficient (Wildman–Crippen LogP) is 3.31. The first kappa shape index (κ1) is 21.5. The van der Waals surface area contributed by atoms with Crippen LogP contribution in [0.15, 0.2) is 40.2 Å². The molecule has 26 heavy (non-hydrogen) atoms. The lowest BCUT2D eigenvalue weighted by molar-refractivity contribution is 0.151. The summed E-state index contributed by atoms with van der Waals surface area (Å²) in [4.78, 5) is 7.11. The summed E-state index contributed by atoms with van der Waals surface area (Å²) in [5.74, 6) is 0.935. The van der Waals surface area contributed by atoms with Crippen LogP contribution in [0.4, 0.5) is 0 Å². The third-order valence-electron chi connectivity index (χ3n) is 5.71. The van der Waals surface area contributed by atoms with E-state index in [2.05, 4.69) is 15.2 Å². The molecule has 2 aliphatic rings. The molecule has 5 nitrogen and oxygen atoms in total. The van der Waals surface area contributed by atoms with E-state index in [1.54, 1.807) is 31.3 Å². The minimum Gasteiger partial charge on any atom is -0.352 e. The van der Waals surface area contributed by atoms with Gasteiger partial charge in [0.25, 0.3) is 0 Å². The molecule has 1 aliphatic carbocycles. The number of rotatable bonds is 5. The van der Waals surface area contributed by atoms with Crippen molar-refractivity contribution in [3.8, 4) is 0 Å². The lowest BCUT2D eigenvalue weighted by Crippen LogP contribution is -2.48. The number of hydrogen-bond acceptors (Lipinski definition) is 3. The van der Waals surface area contributed by atoms with Crippen molar-refractivity contribution in [3.63, 3.8) is 0 Å². The van der Waals surface area contributed by atoms with Gasteiger partial charge in [-0.3, -0.25) is 4.99 Å². The van der Waals surface area contributed by atoms with Crippen LogP contribution in [0, 0.1) is 5.41 Å². The van der Waals surface area contributed by atoms with Gasteiger partial charge in [0, 0.05) is 26.2 Å². The second-order valence-electron chi connectivity index (χ2n) is 7.42. The fourth-order valence-corrected chi connectivity index (χ4v) is 5.54. The Hall–Kier alpha value is -0.830. The largest absolute Gasteiger partial charge is 0.352 e. The molecule has 146 valence electrons. The molecule has 0 amide bonds. The lowest BCUT2D eigenvalue weighted by Gasteiger charge is -2.38. The number of benzene rings is 1. The van der Waals surface area contributed by atoms with E-state index in [-0.39, 0.29) is 35.8 Å². The first-order chi connectivity index (χ1) is 12.0. The number of aliphatic imine (C=N–C) groups is 1. The zero-order chi connectivity index (χ0) is 17.9. The number of nitrogens with zero attached hydrogens (tertiary/aromatic N) is 2. The van der Waals surface area contributed by atoms with Gasteiger partial charge in [-0.05, 0) is 43.2 Å². The minimum atomic E-state index is -3.30. The number of likely N-dealkylation sites (tertiary alicyclic amines) is 1. The first-order valence-corrected chi connectivity index (χ1v) is 10.9. The van der Waals surface area contributed by atoms with Gasteiger partial charge in [-0.2, -0.15) is 0 Å². The molecular weight excluding hydrogens is 461 g/mol. The normalized spacial score (nSPS) is 20.4. The zero-order valence-electron chi connectivity index (χ0n) is 15.6. The fourth-order valence-electron chi connectivity index (χ4n) is 3.93. The molecule has 1 aromatic rings. The van der Waals surface area contributed by atoms with Crippen LogP contribution in [-0.4, -0.2) is 51.2 Å². The summed E-state index contributed by atoms with van der Waals surface area (Å²) in [6.07, 6.45) is 5.95. The summed E-state index contributed by atoms with van der Waals surface area (Å²) in [7, 11) is -1.52. The van der Waals surface area contributed by atoms with E-state index in [1.807, 2.05) is 13.0 Å². The zero-order valence-corrected chi connectivity index (χ0v) is 18.8. The van der Waals surface area contributed by atoms with E-state index < -0.39 is 9.84 Å². The van der Waals surface area contributed by atoms with E-state index in [0.717, 1.165) is 25.5 Å². The van der Waals surface area contributed by atoms with Crippen LogP contribution in [-0.2, 0) is 9.84 Å². The van der Waals surface area contributed by atoms with Crippen LogP contribution >= 0.6 is 24.0 Å². The average Bonchev–Trinajstić information content (AvgIpc) is 3.05. The molecule has 1 saturated carbocycles. The second kappa shape index (κ2) is 8.91. The summed E-state index contributed by atoms with van der Waals surface area (Å²) in [6, 6.07) is 8.56. The van der Waals surface area contributed by atoms with Crippen molar-refractivity contribution >= 4 is 39.8 Å². The van der Waals surface area contributed by atoms with Gasteiger partial charge >= 0.3 is 0 Å². The van der Waals surface area contributed by atoms with E-state index >= 15 is 0 Å². The number of hydrogen-bond donors (Lipinski definition) is 1. The summed E-state index contributed by atoms with van der Waals surface area (Å²) < 4.78 is 25.3. The van der Waals surface area contributed by atoms with Crippen LogP contribution in [0.25, 0.3) is 0 Å². The summed E-state index contributed by atoms with van der Waals surface area (Å²) in [5.41, 5.74) is 0.495. The molecule has 7 heteroatoms. The van der Waals surface area contributed by atoms with Crippen molar-refractivity contribution in [2.45, 2.75) is 50.0 Å². The molecule has 1 N–H and O–H groups in total. The van der Waals surface area contributed by atoms with Gasteiger partial charge in [-0.1, -0.05) is 31.5 Å². The summed E-state index contributed by atoms with van der Waals surface area (Å²) in [6.45, 7) is 4.08. The molecule has 0 bridgehead atoms. The maximum atomic E-state index is 12.7. The highest BCUT2D eigenvalue weighted by atomic mass is 127. The molecule has 2 fully saturated rings.